The maximum Gasteiger partial charge on any atom is 0.419 e. The first-order valence-electron chi connectivity index (χ1n) is 8.88. The van der Waals surface area contributed by atoms with Gasteiger partial charge in [-0.1, -0.05) is 11.6 Å². The second-order valence-electron chi connectivity index (χ2n) is 6.42. The maximum atomic E-state index is 12.9. The molecule has 0 radical (unpaired) electrons. The van der Waals surface area contributed by atoms with Crippen molar-refractivity contribution in [1.82, 2.24) is 10.3 Å². The van der Waals surface area contributed by atoms with Crippen LogP contribution in [0, 0.1) is 5.92 Å². The summed E-state index contributed by atoms with van der Waals surface area (Å²) in [4.78, 5) is 30.0. The first kappa shape index (κ1) is 20.9. The fraction of sp³-hybridized carbons (Fsp3) is 0.316. The molecule has 1 aromatic carbocycles. The van der Waals surface area contributed by atoms with Crippen LogP contribution in [-0.4, -0.2) is 36.4 Å². The number of halogens is 4. The quantitative estimate of drug-likeness (QED) is 0.549. The van der Waals surface area contributed by atoms with Gasteiger partial charge in [0, 0.05) is 36.5 Å². The van der Waals surface area contributed by atoms with Crippen molar-refractivity contribution in [3.05, 3.63) is 53.2 Å². The van der Waals surface area contributed by atoms with Crippen molar-refractivity contribution in [3.63, 3.8) is 0 Å². The van der Waals surface area contributed by atoms with Crippen LogP contribution in [0.4, 0.5) is 24.7 Å². The number of aromatic nitrogens is 1. The summed E-state index contributed by atoms with van der Waals surface area (Å²) in [5.74, 6) is -1.90. The van der Waals surface area contributed by atoms with E-state index in [2.05, 4.69) is 15.6 Å². The highest BCUT2D eigenvalue weighted by atomic mass is 35.5. The molecule has 2 amide bonds. The Kier molecular flexibility index (Phi) is 6.26. The molecular formula is C19H18ClF3N4O2. The van der Waals surface area contributed by atoms with Crippen LogP contribution < -0.4 is 15.5 Å². The van der Waals surface area contributed by atoms with Crippen molar-refractivity contribution in [3.8, 4) is 0 Å². The Hall–Kier alpha value is -2.81. The lowest BCUT2D eigenvalue weighted by molar-refractivity contribution is -0.137. The number of hydrogen-bond donors (Lipinski definition) is 2. The monoisotopic (exact) mass is 426 g/mol. The second-order valence-corrected chi connectivity index (χ2v) is 6.86. The minimum Gasteiger partial charge on any atom is -0.368 e. The Morgan fingerprint density at radius 1 is 1.21 bits per heavy atom. The first-order chi connectivity index (χ1) is 13.8. The van der Waals surface area contributed by atoms with Crippen LogP contribution in [0.25, 0.3) is 0 Å². The number of pyridine rings is 1. The first-order valence-corrected chi connectivity index (χ1v) is 9.26. The SMILES string of the molecule is O=C(NCCNc1ncccc1C(F)(F)F)C1CCN(c2ccc(Cl)cc2)C1=O. The van der Waals surface area contributed by atoms with Crippen LogP contribution in [0.5, 0.6) is 0 Å². The van der Waals surface area contributed by atoms with Gasteiger partial charge in [0.15, 0.2) is 0 Å². The third-order valence-corrected chi connectivity index (χ3v) is 4.74. The van der Waals surface area contributed by atoms with Crippen LogP contribution in [0.1, 0.15) is 12.0 Å². The Morgan fingerprint density at radius 2 is 1.93 bits per heavy atom. The fourth-order valence-corrected chi connectivity index (χ4v) is 3.19. The molecule has 1 aliphatic heterocycles. The van der Waals surface area contributed by atoms with Gasteiger partial charge in [-0.05, 0) is 42.8 Å². The minimum absolute atomic E-state index is 0.0354. The molecule has 1 unspecified atom stereocenters. The van der Waals surface area contributed by atoms with Gasteiger partial charge in [0.1, 0.15) is 11.7 Å². The van der Waals surface area contributed by atoms with Gasteiger partial charge in [-0.2, -0.15) is 13.2 Å². The van der Waals surface area contributed by atoms with E-state index < -0.39 is 23.6 Å². The molecule has 1 atom stereocenters. The third-order valence-electron chi connectivity index (χ3n) is 4.49. The Morgan fingerprint density at radius 3 is 2.62 bits per heavy atom. The largest absolute Gasteiger partial charge is 0.419 e. The number of anilines is 2. The van der Waals surface area contributed by atoms with E-state index in [1.165, 1.54) is 17.2 Å². The Balaban J connectivity index is 1.51. The van der Waals surface area contributed by atoms with E-state index in [1.807, 2.05) is 0 Å². The molecular weight excluding hydrogens is 409 g/mol. The summed E-state index contributed by atoms with van der Waals surface area (Å²) in [5.41, 5.74) is -0.220. The van der Waals surface area contributed by atoms with E-state index >= 15 is 0 Å². The molecule has 1 aromatic heterocycles. The molecule has 0 spiro atoms. The van der Waals surface area contributed by atoms with Gasteiger partial charge in [0.2, 0.25) is 11.8 Å². The number of nitrogens with one attached hydrogen (secondary N) is 2. The van der Waals surface area contributed by atoms with Crippen LogP contribution in [-0.2, 0) is 15.8 Å². The molecule has 1 fully saturated rings. The number of carbonyl (C=O) groups excluding carboxylic acids is 2. The lowest BCUT2D eigenvalue weighted by Gasteiger charge is -2.17. The van der Waals surface area contributed by atoms with E-state index in [0.29, 0.717) is 23.7 Å². The van der Waals surface area contributed by atoms with Gasteiger partial charge in [0.05, 0.1) is 5.56 Å². The normalized spacial score (nSPS) is 16.8. The average molecular weight is 427 g/mol. The van der Waals surface area contributed by atoms with Gasteiger partial charge in [-0.15, -0.1) is 0 Å². The standard InChI is InChI=1S/C19H18ClF3N4O2/c20-12-3-5-13(6-4-12)27-11-7-14(18(27)29)17(28)26-10-9-25-16-15(19(21,22)23)2-1-8-24-16/h1-6,8,14H,7,9-11H2,(H,24,25)(H,26,28). The highest BCUT2D eigenvalue weighted by Gasteiger charge is 2.37. The molecule has 2 N–H and O–H groups in total. The summed E-state index contributed by atoms with van der Waals surface area (Å²) in [6.07, 6.45) is -2.92. The zero-order chi connectivity index (χ0) is 21.0. The average Bonchev–Trinajstić information content (AvgIpc) is 3.07. The van der Waals surface area contributed by atoms with Crippen molar-refractivity contribution in [2.45, 2.75) is 12.6 Å². The lowest BCUT2D eigenvalue weighted by atomic mass is 10.1. The van der Waals surface area contributed by atoms with E-state index in [1.54, 1.807) is 24.3 Å². The number of hydrogen-bond acceptors (Lipinski definition) is 4. The van der Waals surface area contributed by atoms with E-state index in [-0.39, 0.29) is 24.8 Å². The van der Waals surface area contributed by atoms with E-state index in [0.717, 1.165) is 6.07 Å². The summed E-state index contributed by atoms with van der Waals surface area (Å²) < 4.78 is 38.8. The Labute approximate surface area is 170 Å². The van der Waals surface area contributed by atoms with Gasteiger partial charge < -0.3 is 15.5 Å². The molecule has 10 heteroatoms. The summed E-state index contributed by atoms with van der Waals surface area (Å²) >= 11 is 5.84. The maximum absolute atomic E-state index is 12.9. The van der Waals surface area contributed by atoms with E-state index in [4.69, 9.17) is 11.6 Å². The molecule has 1 saturated heterocycles. The van der Waals surface area contributed by atoms with Gasteiger partial charge in [0.25, 0.3) is 0 Å². The molecule has 29 heavy (non-hydrogen) atoms. The summed E-state index contributed by atoms with van der Waals surface area (Å²) in [6, 6.07) is 8.86. The number of amides is 2. The fourth-order valence-electron chi connectivity index (χ4n) is 3.07. The molecule has 3 rings (SSSR count). The molecule has 2 heterocycles. The predicted molar refractivity (Wildman–Crippen MR) is 103 cm³/mol. The summed E-state index contributed by atoms with van der Waals surface area (Å²) in [6.45, 7) is 0.491. The number of benzene rings is 1. The molecule has 154 valence electrons. The zero-order valence-electron chi connectivity index (χ0n) is 15.2. The number of alkyl halides is 3. The van der Waals surface area contributed by atoms with Gasteiger partial charge in [-0.25, -0.2) is 4.98 Å². The second kappa shape index (κ2) is 8.69. The van der Waals surface area contributed by atoms with Gasteiger partial charge >= 0.3 is 6.18 Å². The highest BCUT2D eigenvalue weighted by Crippen LogP contribution is 2.33. The van der Waals surface area contributed by atoms with E-state index in [9.17, 15) is 22.8 Å². The molecule has 0 bridgehead atoms. The number of nitrogens with zero attached hydrogens (tertiary/aromatic N) is 2. The molecule has 6 nitrogen and oxygen atoms in total. The highest BCUT2D eigenvalue weighted by molar-refractivity contribution is 6.30. The van der Waals surface area contributed by atoms with Crippen molar-refractivity contribution in [1.29, 1.82) is 0 Å². The van der Waals surface area contributed by atoms with Crippen LogP contribution >= 0.6 is 11.6 Å². The molecule has 2 aromatic rings. The van der Waals surface area contributed by atoms with Crippen LogP contribution in [0.3, 0.4) is 0 Å². The van der Waals surface area contributed by atoms with Crippen molar-refractivity contribution in [2.24, 2.45) is 5.92 Å². The predicted octanol–water partition coefficient (Wildman–Crippen LogP) is 3.34. The van der Waals surface area contributed by atoms with Crippen LogP contribution in [0.2, 0.25) is 5.02 Å². The molecule has 1 aliphatic rings. The van der Waals surface area contributed by atoms with Crippen molar-refractivity contribution in [2.75, 3.05) is 29.9 Å². The summed E-state index contributed by atoms with van der Waals surface area (Å²) in [5, 5.41) is 5.69. The molecule has 0 saturated carbocycles. The smallest absolute Gasteiger partial charge is 0.368 e. The van der Waals surface area contributed by atoms with Gasteiger partial charge in [-0.3, -0.25) is 9.59 Å². The number of carbonyl (C=O) groups is 2. The molecule has 0 aliphatic carbocycles. The Bertz CT molecular complexity index is 890. The minimum atomic E-state index is -4.53. The summed E-state index contributed by atoms with van der Waals surface area (Å²) in [7, 11) is 0. The zero-order valence-corrected chi connectivity index (χ0v) is 15.9. The van der Waals surface area contributed by atoms with Crippen molar-refractivity contribution >= 4 is 34.9 Å². The number of rotatable bonds is 6. The topological polar surface area (TPSA) is 74.3 Å². The van der Waals surface area contributed by atoms with Crippen LogP contribution in [0.15, 0.2) is 42.6 Å². The van der Waals surface area contributed by atoms with Crippen molar-refractivity contribution < 1.29 is 22.8 Å². The lowest BCUT2D eigenvalue weighted by Crippen LogP contribution is -2.38. The third kappa shape index (κ3) is 4.97.